The van der Waals surface area contributed by atoms with Crippen molar-refractivity contribution >= 4 is 37.8 Å². The lowest BCUT2D eigenvalue weighted by atomic mass is 9.78. The number of hydrogen-bond donors (Lipinski definition) is 1. The molecule has 1 amide bonds. The molecule has 1 aromatic carbocycles. The Morgan fingerprint density at radius 3 is 2.60 bits per heavy atom. The van der Waals surface area contributed by atoms with E-state index in [2.05, 4.69) is 44.1 Å². The molecule has 1 aliphatic rings. The predicted molar refractivity (Wildman–Crippen MR) is 90.5 cm³/mol. The van der Waals surface area contributed by atoms with Crippen molar-refractivity contribution in [1.29, 1.82) is 0 Å². The summed E-state index contributed by atoms with van der Waals surface area (Å²) in [5.41, 5.74) is 1.70. The summed E-state index contributed by atoms with van der Waals surface area (Å²) in [5.74, 6) is 0.817. The summed E-state index contributed by atoms with van der Waals surface area (Å²) in [4.78, 5) is 12.5. The maximum Gasteiger partial charge on any atom is 0.252 e. The minimum atomic E-state index is -0.0803. The number of carbonyl (C=O) groups excluding carboxylic acids is 1. The van der Waals surface area contributed by atoms with Crippen LogP contribution in [0.2, 0.25) is 0 Å². The first-order chi connectivity index (χ1) is 9.46. The fraction of sp³-hybridized carbons (Fsp3) is 0.562. The molecule has 1 saturated carbocycles. The molecule has 4 heteroatoms. The standard InChI is InChI=1S/C16H21Br2NO/c1-11-5-7-16(10-17,8-6-11)19-15(20)14-4-3-13(18)9-12(14)2/h3-4,9,11H,5-8,10H2,1-2H3,(H,19,20). The zero-order valence-corrected chi connectivity index (χ0v) is 15.2. The number of alkyl halides is 1. The lowest BCUT2D eigenvalue weighted by Crippen LogP contribution is -2.52. The Kier molecular flexibility index (Phi) is 5.30. The maximum absolute atomic E-state index is 12.5. The number of amides is 1. The van der Waals surface area contributed by atoms with E-state index < -0.39 is 0 Å². The van der Waals surface area contributed by atoms with Crippen LogP contribution < -0.4 is 5.32 Å². The van der Waals surface area contributed by atoms with Gasteiger partial charge >= 0.3 is 0 Å². The molecule has 1 aromatic rings. The first-order valence-corrected chi connectivity index (χ1v) is 9.02. The monoisotopic (exact) mass is 401 g/mol. The van der Waals surface area contributed by atoms with E-state index in [1.54, 1.807) is 0 Å². The van der Waals surface area contributed by atoms with Crippen molar-refractivity contribution in [2.75, 3.05) is 5.33 Å². The topological polar surface area (TPSA) is 29.1 Å². The zero-order valence-electron chi connectivity index (χ0n) is 12.0. The number of rotatable bonds is 3. The average molecular weight is 403 g/mol. The van der Waals surface area contributed by atoms with Crippen molar-refractivity contribution in [3.05, 3.63) is 33.8 Å². The highest BCUT2D eigenvalue weighted by atomic mass is 79.9. The number of nitrogens with one attached hydrogen (secondary N) is 1. The van der Waals surface area contributed by atoms with Gasteiger partial charge < -0.3 is 5.32 Å². The summed E-state index contributed by atoms with van der Waals surface area (Å²) in [5, 5.41) is 4.11. The number of carbonyl (C=O) groups is 1. The Bertz CT molecular complexity index is 493. The van der Waals surface area contributed by atoms with Crippen LogP contribution in [-0.2, 0) is 0 Å². The lowest BCUT2D eigenvalue weighted by molar-refractivity contribution is 0.0874. The van der Waals surface area contributed by atoms with Gasteiger partial charge in [0.2, 0.25) is 0 Å². The molecule has 0 unspecified atom stereocenters. The molecule has 0 heterocycles. The predicted octanol–water partition coefficient (Wildman–Crippen LogP) is 4.83. The molecule has 0 atom stereocenters. The zero-order chi connectivity index (χ0) is 14.8. The molecule has 0 aromatic heterocycles. The summed E-state index contributed by atoms with van der Waals surface area (Å²) in [6.07, 6.45) is 4.48. The quantitative estimate of drug-likeness (QED) is 0.720. The van der Waals surface area contributed by atoms with Crippen LogP contribution >= 0.6 is 31.9 Å². The van der Waals surface area contributed by atoms with Crippen LogP contribution in [0.15, 0.2) is 22.7 Å². The van der Waals surface area contributed by atoms with Gasteiger partial charge in [0.05, 0.1) is 5.54 Å². The first-order valence-electron chi connectivity index (χ1n) is 7.10. The van der Waals surface area contributed by atoms with Gasteiger partial charge in [0.25, 0.3) is 5.91 Å². The molecule has 0 aliphatic heterocycles. The van der Waals surface area contributed by atoms with Crippen LogP contribution in [-0.4, -0.2) is 16.8 Å². The van der Waals surface area contributed by atoms with Gasteiger partial charge in [-0.1, -0.05) is 38.8 Å². The van der Waals surface area contributed by atoms with Crippen LogP contribution in [0, 0.1) is 12.8 Å². The highest BCUT2D eigenvalue weighted by Crippen LogP contribution is 2.33. The highest BCUT2D eigenvalue weighted by Gasteiger charge is 2.34. The van der Waals surface area contributed by atoms with Gasteiger partial charge in [0.15, 0.2) is 0 Å². The van der Waals surface area contributed by atoms with Crippen molar-refractivity contribution in [3.63, 3.8) is 0 Å². The lowest BCUT2D eigenvalue weighted by Gasteiger charge is -2.39. The maximum atomic E-state index is 12.5. The number of hydrogen-bond acceptors (Lipinski definition) is 1. The Morgan fingerprint density at radius 2 is 2.05 bits per heavy atom. The van der Waals surface area contributed by atoms with E-state index in [1.165, 1.54) is 12.8 Å². The minimum Gasteiger partial charge on any atom is -0.346 e. The van der Waals surface area contributed by atoms with Gasteiger partial charge in [0, 0.05) is 15.4 Å². The van der Waals surface area contributed by atoms with Crippen LogP contribution in [0.5, 0.6) is 0 Å². The summed E-state index contributed by atoms with van der Waals surface area (Å²) in [6.45, 7) is 4.27. The van der Waals surface area contributed by atoms with Crippen LogP contribution in [0.4, 0.5) is 0 Å². The van der Waals surface area contributed by atoms with Crippen molar-refractivity contribution in [3.8, 4) is 0 Å². The molecule has 2 rings (SSSR count). The molecule has 1 aliphatic carbocycles. The van der Waals surface area contributed by atoms with E-state index in [0.717, 1.165) is 39.7 Å². The molecule has 1 fully saturated rings. The van der Waals surface area contributed by atoms with E-state index in [0.29, 0.717) is 0 Å². The van der Waals surface area contributed by atoms with E-state index in [4.69, 9.17) is 0 Å². The number of halogens is 2. The second-order valence-corrected chi connectivity index (χ2v) is 7.49. The van der Waals surface area contributed by atoms with E-state index in [-0.39, 0.29) is 11.4 Å². The SMILES string of the molecule is Cc1cc(Br)ccc1C(=O)NC1(CBr)CCC(C)CC1. The molecule has 20 heavy (non-hydrogen) atoms. The molecule has 0 spiro atoms. The Hall–Kier alpha value is -0.350. The average Bonchev–Trinajstić information content (AvgIpc) is 2.41. The van der Waals surface area contributed by atoms with Crippen LogP contribution in [0.3, 0.4) is 0 Å². The Balaban J connectivity index is 2.13. The third-order valence-electron chi connectivity index (χ3n) is 4.30. The van der Waals surface area contributed by atoms with E-state index >= 15 is 0 Å². The van der Waals surface area contributed by atoms with Crippen molar-refractivity contribution in [2.24, 2.45) is 5.92 Å². The molecular weight excluding hydrogens is 382 g/mol. The molecule has 110 valence electrons. The third kappa shape index (κ3) is 3.64. The van der Waals surface area contributed by atoms with Crippen molar-refractivity contribution in [2.45, 2.75) is 45.1 Å². The number of benzene rings is 1. The number of aryl methyl sites for hydroxylation is 1. The Morgan fingerprint density at radius 1 is 1.40 bits per heavy atom. The fourth-order valence-corrected chi connectivity index (χ4v) is 3.97. The van der Waals surface area contributed by atoms with Crippen molar-refractivity contribution < 1.29 is 4.79 Å². The molecule has 0 bridgehead atoms. The fourth-order valence-electron chi connectivity index (χ4n) is 2.80. The molecule has 1 N–H and O–H groups in total. The second-order valence-electron chi connectivity index (χ2n) is 6.01. The summed E-state index contributed by atoms with van der Waals surface area (Å²) in [7, 11) is 0. The summed E-state index contributed by atoms with van der Waals surface area (Å²) in [6, 6.07) is 5.80. The molecule has 0 saturated heterocycles. The van der Waals surface area contributed by atoms with E-state index in [1.807, 2.05) is 25.1 Å². The van der Waals surface area contributed by atoms with Crippen LogP contribution in [0.25, 0.3) is 0 Å². The van der Waals surface area contributed by atoms with Crippen LogP contribution in [0.1, 0.15) is 48.5 Å². The first kappa shape index (κ1) is 16.0. The molecule has 0 radical (unpaired) electrons. The van der Waals surface area contributed by atoms with E-state index in [9.17, 15) is 4.79 Å². The normalized spacial score (nSPS) is 26.3. The molecular formula is C16H21Br2NO. The van der Waals surface area contributed by atoms with Crippen molar-refractivity contribution in [1.82, 2.24) is 5.32 Å². The smallest absolute Gasteiger partial charge is 0.252 e. The van der Waals surface area contributed by atoms with Gasteiger partial charge in [-0.3, -0.25) is 4.79 Å². The van der Waals surface area contributed by atoms with Gasteiger partial charge in [0.1, 0.15) is 0 Å². The van der Waals surface area contributed by atoms with Gasteiger partial charge in [-0.15, -0.1) is 0 Å². The second kappa shape index (κ2) is 6.61. The minimum absolute atomic E-state index is 0.0454. The van der Waals surface area contributed by atoms with Gasteiger partial charge in [-0.2, -0.15) is 0 Å². The largest absolute Gasteiger partial charge is 0.346 e. The highest BCUT2D eigenvalue weighted by molar-refractivity contribution is 9.10. The van der Waals surface area contributed by atoms with Gasteiger partial charge in [-0.25, -0.2) is 0 Å². The molecule has 2 nitrogen and oxygen atoms in total. The summed E-state index contributed by atoms with van der Waals surface area (Å²) < 4.78 is 1.01. The Labute approximate surface area is 138 Å². The third-order valence-corrected chi connectivity index (χ3v) is 5.87. The summed E-state index contributed by atoms with van der Waals surface area (Å²) >= 11 is 7.03. The van der Waals surface area contributed by atoms with Gasteiger partial charge in [-0.05, 0) is 62.3 Å².